The molecule has 0 saturated carbocycles. The van der Waals surface area contributed by atoms with E-state index >= 15 is 0 Å². The number of fused-ring (bicyclic) bond motifs is 1. The summed E-state index contributed by atoms with van der Waals surface area (Å²) in [5.74, 6) is -0.488. The van der Waals surface area contributed by atoms with Crippen LogP contribution in [0.3, 0.4) is 0 Å². The van der Waals surface area contributed by atoms with E-state index in [0.717, 1.165) is 0 Å². The Morgan fingerprint density at radius 3 is 3.19 bits per heavy atom. The third-order valence-electron chi connectivity index (χ3n) is 2.09. The second kappa shape index (κ2) is 4.18. The van der Waals surface area contributed by atoms with E-state index in [2.05, 4.69) is 15.1 Å². The maximum absolute atomic E-state index is 13.6. The first-order valence-electron chi connectivity index (χ1n) is 4.81. The lowest BCUT2D eigenvalue weighted by Gasteiger charge is -2.03. The Kier molecular flexibility index (Phi) is 2.72. The van der Waals surface area contributed by atoms with Crippen LogP contribution in [0.1, 0.15) is 12.5 Å². The predicted octanol–water partition coefficient (Wildman–Crippen LogP) is 1.36. The molecule has 3 N–H and O–H groups in total. The number of aromatic amines is 1. The predicted molar refractivity (Wildman–Crippen MR) is 58.4 cm³/mol. The molecular weight excluding hydrogens is 211 g/mol. The molecule has 0 atom stereocenters. The second-order valence-electron chi connectivity index (χ2n) is 3.12. The molecule has 0 amide bonds. The van der Waals surface area contributed by atoms with Crippen molar-refractivity contribution in [2.75, 3.05) is 6.61 Å². The number of rotatable bonds is 3. The van der Waals surface area contributed by atoms with Crippen LogP contribution in [0.25, 0.3) is 11.0 Å². The van der Waals surface area contributed by atoms with Gasteiger partial charge < -0.3 is 15.6 Å². The van der Waals surface area contributed by atoms with Crippen LogP contribution in [0, 0.1) is 5.82 Å². The van der Waals surface area contributed by atoms with Crippen molar-refractivity contribution >= 4 is 16.9 Å². The largest absolute Gasteiger partial charge is 0.394 e. The van der Waals surface area contributed by atoms with E-state index in [1.54, 1.807) is 13.0 Å². The zero-order valence-electron chi connectivity index (χ0n) is 8.70. The summed E-state index contributed by atoms with van der Waals surface area (Å²) in [6.07, 6.45) is 1.47. The third-order valence-corrected chi connectivity index (χ3v) is 2.09. The van der Waals surface area contributed by atoms with Crippen molar-refractivity contribution in [3.05, 3.63) is 29.8 Å². The number of benzene rings is 1. The van der Waals surface area contributed by atoms with Crippen molar-refractivity contribution in [3.8, 4) is 0 Å². The monoisotopic (exact) mass is 222 g/mol. The van der Waals surface area contributed by atoms with Crippen molar-refractivity contribution in [2.45, 2.75) is 6.92 Å². The lowest BCUT2D eigenvalue weighted by molar-refractivity contribution is 0.158. The van der Waals surface area contributed by atoms with Gasteiger partial charge in [0.05, 0.1) is 17.4 Å². The minimum atomic E-state index is -0.472. The molecule has 2 rings (SSSR count). The van der Waals surface area contributed by atoms with Gasteiger partial charge in [0.25, 0.3) is 0 Å². The van der Waals surface area contributed by atoms with Gasteiger partial charge in [0, 0.05) is 0 Å². The number of hydrogen-bond donors (Lipinski definition) is 2. The molecule has 0 radical (unpaired) electrons. The third kappa shape index (κ3) is 1.69. The van der Waals surface area contributed by atoms with Crippen molar-refractivity contribution < 1.29 is 9.23 Å². The van der Waals surface area contributed by atoms with Crippen LogP contribution in [-0.2, 0) is 4.84 Å². The normalized spacial score (nSPS) is 12.0. The number of H-pyrrole nitrogens is 1. The summed E-state index contributed by atoms with van der Waals surface area (Å²) < 4.78 is 13.6. The summed E-state index contributed by atoms with van der Waals surface area (Å²) in [6, 6.07) is 2.90. The Balaban J connectivity index is 2.57. The fraction of sp³-hybridized carbons (Fsp3) is 0.200. The standard InChI is InChI=1S/C10H11FN4O/c1-2-16-15-10(12)8-6(11)3-4-7-9(8)14-5-13-7/h3-5H,2H2,1H3,(H2,12,15)(H,13,14). The second-order valence-corrected chi connectivity index (χ2v) is 3.12. The van der Waals surface area contributed by atoms with Gasteiger partial charge in [-0.05, 0) is 19.1 Å². The summed E-state index contributed by atoms with van der Waals surface area (Å²) in [6.45, 7) is 2.14. The smallest absolute Gasteiger partial charge is 0.175 e. The Bertz CT molecular complexity index is 535. The van der Waals surface area contributed by atoms with Crippen molar-refractivity contribution in [3.63, 3.8) is 0 Å². The van der Waals surface area contributed by atoms with Crippen molar-refractivity contribution in [1.82, 2.24) is 9.97 Å². The molecule has 0 spiro atoms. The molecule has 0 saturated heterocycles. The molecule has 84 valence electrons. The topological polar surface area (TPSA) is 76.3 Å². The quantitative estimate of drug-likeness (QED) is 0.467. The molecule has 0 aliphatic carbocycles. The number of imidazole rings is 1. The molecule has 0 bridgehead atoms. The number of aromatic nitrogens is 2. The number of nitrogens with one attached hydrogen (secondary N) is 1. The van der Waals surface area contributed by atoms with E-state index in [0.29, 0.717) is 17.6 Å². The number of nitrogens with two attached hydrogens (primary N) is 1. The van der Waals surface area contributed by atoms with Gasteiger partial charge in [0.15, 0.2) is 5.84 Å². The maximum Gasteiger partial charge on any atom is 0.175 e. The Labute approximate surface area is 91.1 Å². The SMILES string of the molecule is CCO/N=C(\N)c1c(F)ccc2[nH]cnc12. The highest BCUT2D eigenvalue weighted by Crippen LogP contribution is 2.18. The number of hydrogen-bond acceptors (Lipinski definition) is 3. The molecule has 6 heteroatoms. The fourth-order valence-corrected chi connectivity index (χ4v) is 1.41. The zero-order chi connectivity index (χ0) is 11.5. The van der Waals surface area contributed by atoms with E-state index in [4.69, 9.17) is 10.6 Å². The van der Waals surface area contributed by atoms with Crippen LogP contribution in [0.15, 0.2) is 23.6 Å². The summed E-state index contributed by atoms with van der Waals surface area (Å²) >= 11 is 0. The molecule has 5 nitrogen and oxygen atoms in total. The number of amidine groups is 1. The van der Waals surface area contributed by atoms with E-state index in [9.17, 15) is 4.39 Å². The van der Waals surface area contributed by atoms with Crippen LogP contribution in [0.5, 0.6) is 0 Å². The molecule has 1 aromatic carbocycles. The number of halogens is 1. The molecule has 1 heterocycles. The number of oxime groups is 1. The van der Waals surface area contributed by atoms with Crippen LogP contribution in [0.4, 0.5) is 4.39 Å². The molecule has 2 aromatic rings. The molecule has 1 aromatic heterocycles. The Hall–Kier alpha value is -2.11. The molecule has 0 unspecified atom stereocenters. The Morgan fingerprint density at radius 1 is 1.62 bits per heavy atom. The van der Waals surface area contributed by atoms with Crippen LogP contribution < -0.4 is 5.73 Å². The summed E-state index contributed by atoms with van der Waals surface area (Å²) in [4.78, 5) is 11.7. The van der Waals surface area contributed by atoms with Gasteiger partial charge in [0.1, 0.15) is 17.9 Å². The molecule has 0 aliphatic heterocycles. The van der Waals surface area contributed by atoms with Gasteiger partial charge in [0.2, 0.25) is 0 Å². The van der Waals surface area contributed by atoms with Crippen LogP contribution >= 0.6 is 0 Å². The summed E-state index contributed by atoms with van der Waals surface area (Å²) in [5.41, 5.74) is 6.94. The molecule has 16 heavy (non-hydrogen) atoms. The molecule has 0 fully saturated rings. The van der Waals surface area contributed by atoms with E-state index in [-0.39, 0.29) is 11.4 Å². The van der Waals surface area contributed by atoms with Crippen LogP contribution in [-0.4, -0.2) is 22.4 Å². The highest BCUT2D eigenvalue weighted by atomic mass is 19.1. The average molecular weight is 222 g/mol. The lowest BCUT2D eigenvalue weighted by atomic mass is 10.1. The van der Waals surface area contributed by atoms with E-state index in [1.807, 2.05) is 0 Å². The average Bonchev–Trinajstić information content (AvgIpc) is 2.73. The first kappa shape index (κ1) is 10.4. The first-order valence-corrected chi connectivity index (χ1v) is 4.81. The van der Waals surface area contributed by atoms with Gasteiger partial charge in [-0.25, -0.2) is 9.37 Å². The van der Waals surface area contributed by atoms with Gasteiger partial charge in [-0.2, -0.15) is 0 Å². The summed E-state index contributed by atoms with van der Waals surface area (Å²) in [7, 11) is 0. The van der Waals surface area contributed by atoms with E-state index in [1.165, 1.54) is 12.4 Å². The highest BCUT2D eigenvalue weighted by molar-refractivity contribution is 6.06. The van der Waals surface area contributed by atoms with E-state index < -0.39 is 5.82 Å². The zero-order valence-corrected chi connectivity index (χ0v) is 8.70. The first-order chi connectivity index (χ1) is 7.74. The lowest BCUT2D eigenvalue weighted by Crippen LogP contribution is -2.16. The van der Waals surface area contributed by atoms with Gasteiger partial charge >= 0.3 is 0 Å². The molecule has 0 aliphatic rings. The van der Waals surface area contributed by atoms with Gasteiger partial charge in [-0.3, -0.25) is 0 Å². The summed E-state index contributed by atoms with van der Waals surface area (Å²) in [5, 5.41) is 3.60. The number of nitrogens with zero attached hydrogens (tertiary/aromatic N) is 2. The highest BCUT2D eigenvalue weighted by Gasteiger charge is 2.13. The van der Waals surface area contributed by atoms with Crippen molar-refractivity contribution in [2.24, 2.45) is 10.9 Å². The molecular formula is C10H11FN4O. The minimum Gasteiger partial charge on any atom is -0.394 e. The minimum absolute atomic E-state index is 0.0166. The fourth-order valence-electron chi connectivity index (χ4n) is 1.41. The van der Waals surface area contributed by atoms with Crippen molar-refractivity contribution in [1.29, 1.82) is 0 Å². The Morgan fingerprint density at radius 2 is 2.44 bits per heavy atom. The van der Waals surface area contributed by atoms with Gasteiger partial charge in [-0.15, -0.1) is 0 Å². The van der Waals surface area contributed by atoms with Gasteiger partial charge in [-0.1, -0.05) is 5.16 Å². The maximum atomic E-state index is 13.6. The van der Waals surface area contributed by atoms with Crippen LogP contribution in [0.2, 0.25) is 0 Å².